The molecule has 0 amide bonds. The second-order valence-electron chi connectivity index (χ2n) is 5.39. The molecule has 3 heteroatoms. The Balaban J connectivity index is 1.83. The van der Waals surface area contributed by atoms with Gasteiger partial charge in [-0.3, -0.25) is 4.79 Å². The summed E-state index contributed by atoms with van der Waals surface area (Å²) >= 11 is 3.58. The van der Waals surface area contributed by atoms with Gasteiger partial charge in [-0.05, 0) is 34.9 Å². The molecule has 0 saturated heterocycles. The van der Waals surface area contributed by atoms with Crippen LogP contribution in [0.5, 0.6) is 0 Å². The van der Waals surface area contributed by atoms with Gasteiger partial charge in [0.05, 0.1) is 0 Å². The van der Waals surface area contributed by atoms with Gasteiger partial charge in [0.25, 0.3) is 0 Å². The summed E-state index contributed by atoms with van der Waals surface area (Å²) in [5.41, 5.74) is 4.23. The highest BCUT2D eigenvalue weighted by Gasteiger charge is 2.05. The van der Waals surface area contributed by atoms with Crippen molar-refractivity contribution in [2.24, 2.45) is 0 Å². The lowest BCUT2D eigenvalue weighted by Gasteiger charge is -2.05. The van der Waals surface area contributed by atoms with Crippen molar-refractivity contribution in [1.82, 2.24) is 0 Å². The third-order valence-electron chi connectivity index (χ3n) is 3.75. The molecule has 0 atom stereocenters. The first-order valence-electron chi connectivity index (χ1n) is 7.57. The van der Waals surface area contributed by atoms with E-state index in [2.05, 4.69) is 34.1 Å². The molecule has 0 aliphatic heterocycles. The van der Waals surface area contributed by atoms with E-state index in [1.807, 2.05) is 42.5 Å². The van der Waals surface area contributed by atoms with Crippen LogP contribution in [-0.2, 0) is 0 Å². The van der Waals surface area contributed by atoms with Crippen LogP contribution in [0.1, 0.15) is 15.9 Å². The number of carbonyl (C=O) groups is 1. The SMILES string of the molecule is [B]c1ccccc1C(=O)/C=C/c1ccc(-c2ccccc2)cc1Br. The predicted octanol–water partition coefficient (Wildman–Crippen LogP) is 4.81. The molecule has 0 bridgehead atoms. The summed E-state index contributed by atoms with van der Waals surface area (Å²) in [7, 11) is 5.84. The number of carbonyl (C=O) groups excluding carboxylic acids is 1. The summed E-state index contributed by atoms with van der Waals surface area (Å²) in [6, 6.07) is 23.3. The third kappa shape index (κ3) is 3.74. The Morgan fingerprint density at radius 1 is 0.875 bits per heavy atom. The van der Waals surface area contributed by atoms with Crippen LogP contribution < -0.4 is 5.46 Å². The lowest BCUT2D eigenvalue weighted by Crippen LogP contribution is -2.13. The zero-order valence-corrected chi connectivity index (χ0v) is 14.5. The van der Waals surface area contributed by atoms with Gasteiger partial charge in [0.2, 0.25) is 0 Å². The minimum absolute atomic E-state index is 0.105. The Hall–Kier alpha value is -2.39. The molecular weight excluding hydrogens is 359 g/mol. The van der Waals surface area contributed by atoms with Crippen LogP contribution in [0.25, 0.3) is 17.2 Å². The number of ketones is 1. The molecule has 0 aliphatic rings. The number of allylic oxidation sites excluding steroid dienone is 1. The van der Waals surface area contributed by atoms with Gasteiger partial charge in [-0.2, -0.15) is 0 Å². The summed E-state index contributed by atoms with van der Waals surface area (Å²) in [6.45, 7) is 0. The van der Waals surface area contributed by atoms with E-state index in [0.717, 1.165) is 21.2 Å². The first kappa shape index (κ1) is 16.5. The van der Waals surface area contributed by atoms with E-state index in [1.165, 1.54) is 0 Å². The molecule has 3 rings (SSSR count). The molecule has 0 unspecified atom stereocenters. The maximum atomic E-state index is 12.3. The summed E-state index contributed by atoms with van der Waals surface area (Å²) in [5.74, 6) is -0.105. The van der Waals surface area contributed by atoms with Crippen LogP contribution in [0.2, 0.25) is 0 Å². The van der Waals surface area contributed by atoms with E-state index in [1.54, 1.807) is 24.3 Å². The lowest BCUT2D eigenvalue weighted by molar-refractivity contribution is 0.104. The van der Waals surface area contributed by atoms with Crippen molar-refractivity contribution in [2.75, 3.05) is 0 Å². The first-order valence-corrected chi connectivity index (χ1v) is 8.36. The molecule has 3 aromatic carbocycles. The highest BCUT2D eigenvalue weighted by atomic mass is 79.9. The molecule has 1 nitrogen and oxygen atoms in total. The maximum Gasteiger partial charge on any atom is 0.185 e. The lowest BCUT2D eigenvalue weighted by atomic mass is 9.88. The van der Waals surface area contributed by atoms with Crippen LogP contribution in [0.15, 0.2) is 83.3 Å². The Kier molecular flexibility index (Phi) is 5.12. The molecule has 0 aromatic heterocycles. The van der Waals surface area contributed by atoms with Crippen LogP contribution in [0.3, 0.4) is 0 Å². The molecule has 114 valence electrons. The third-order valence-corrected chi connectivity index (χ3v) is 4.43. The van der Waals surface area contributed by atoms with Gasteiger partial charge in [-0.1, -0.05) is 88.1 Å². The molecule has 0 N–H and O–H groups in total. The fraction of sp³-hybridized carbons (Fsp3) is 0. The van der Waals surface area contributed by atoms with Gasteiger partial charge in [-0.25, -0.2) is 0 Å². The summed E-state index contributed by atoms with van der Waals surface area (Å²) in [4.78, 5) is 12.3. The van der Waals surface area contributed by atoms with Gasteiger partial charge >= 0.3 is 0 Å². The monoisotopic (exact) mass is 372 g/mol. The van der Waals surface area contributed by atoms with E-state index in [4.69, 9.17) is 7.85 Å². The fourth-order valence-corrected chi connectivity index (χ4v) is 2.96. The van der Waals surface area contributed by atoms with E-state index in [-0.39, 0.29) is 5.78 Å². The zero-order chi connectivity index (χ0) is 16.9. The average molecular weight is 373 g/mol. The average Bonchev–Trinajstić information content (AvgIpc) is 2.61. The van der Waals surface area contributed by atoms with E-state index < -0.39 is 0 Å². The number of hydrogen-bond donors (Lipinski definition) is 0. The highest BCUT2D eigenvalue weighted by molar-refractivity contribution is 9.10. The van der Waals surface area contributed by atoms with Gasteiger partial charge in [0, 0.05) is 10.0 Å². The summed E-state index contributed by atoms with van der Waals surface area (Å²) in [5, 5.41) is 0. The number of hydrogen-bond acceptors (Lipinski definition) is 1. The summed E-state index contributed by atoms with van der Waals surface area (Å²) < 4.78 is 0.939. The molecule has 0 heterocycles. The van der Waals surface area contributed by atoms with E-state index in [9.17, 15) is 4.79 Å². The molecule has 0 saturated carbocycles. The topological polar surface area (TPSA) is 17.1 Å². The van der Waals surface area contributed by atoms with Gasteiger partial charge in [0.1, 0.15) is 7.85 Å². The fourth-order valence-electron chi connectivity index (χ4n) is 2.45. The molecule has 3 aromatic rings. The van der Waals surface area contributed by atoms with Crippen LogP contribution in [-0.4, -0.2) is 13.6 Å². The maximum absolute atomic E-state index is 12.3. The van der Waals surface area contributed by atoms with Crippen molar-refractivity contribution in [3.63, 3.8) is 0 Å². The smallest absolute Gasteiger partial charge is 0.185 e. The quantitative estimate of drug-likeness (QED) is 0.365. The predicted molar refractivity (Wildman–Crippen MR) is 105 cm³/mol. The second-order valence-corrected chi connectivity index (χ2v) is 6.24. The molecule has 2 radical (unpaired) electrons. The van der Waals surface area contributed by atoms with Crippen molar-refractivity contribution in [3.8, 4) is 11.1 Å². The Labute approximate surface area is 151 Å². The van der Waals surface area contributed by atoms with E-state index in [0.29, 0.717) is 11.0 Å². The first-order chi connectivity index (χ1) is 11.6. The van der Waals surface area contributed by atoms with Crippen molar-refractivity contribution in [2.45, 2.75) is 0 Å². The van der Waals surface area contributed by atoms with Crippen molar-refractivity contribution in [1.29, 1.82) is 0 Å². The molecule has 24 heavy (non-hydrogen) atoms. The minimum Gasteiger partial charge on any atom is -0.289 e. The molecule has 0 spiro atoms. The number of halogens is 1. The van der Waals surface area contributed by atoms with Crippen LogP contribution in [0, 0.1) is 0 Å². The molecule has 0 aliphatic carbocycles. The normalized spacial score (nSPS) is 10.9. The summed E-state index contributed by atoms with van der Waals surface area (Å²) in [6.07, 6.45) is 3.35. The minimum atomic E-state index is -0.105. The molecule has 0 fully saturated rings. The Bertz CT molecular complexity index is 901. The van der Waals surface area contributed by atoms with Crippen LogP contribution >= 0.6 is 15.9 Å². The largest absolute Gasteiger partial charge is 0.289 e. The Morgan fingerprint density at radius 2 is 1.58 bits per heavy atom. The van der Waals surface area contributed by atoms with Crippen LogP contribution in [0.4, 0.5) is 0 Å². The van der Waals surface area contributed by atoms with Crippen molar-refractivity contribution in [3.05, 3.63) is 94.5 Å². The zero-order valence-electron chi connectivity index (χ0n) is 12.9. The van der Waals surface area contributed by atoms with Gasteiger partial charge < -0.3 is 0 Å². The molecular formula is C21H14BBrO. The standard InChI is InChI=1S/C21H14BBrO/c22-19-9-5-4-8-18(19)21(24)13-12-16-10-11-17(14-20(16)23)15-6-2-1-3-7-15/h1-14H/b13-12+. The van der Waals surface area contributed by atoms with Crippen molar-refractivity contribution >= 4 is 41.1 Å². The Morgan fingerprint density at radius 3 is 2.29 bits per heavy atom. The highest BCUT2D eigenvalue weighted by Crippen LogP contribution is 2.26. The van der Waals surface area contributed by atoms with Crippen molar-refractivity contribution < 1.29 is 4.79 Å². The van der Waals surface area contributed by atoms with Gasteiger partial charge in [-0.15, -0.1) is 0 Å². The van der Waals surface area contributed by atoms with E-state index >= 15 is 0 Å². The van der Waals surface area contributed by atoms with Gasteiger partial charge in [0.15, 0.2) is 5.78 Å². The second kappa shape index (κ2) is 7.46. The number of rotatable bonds is 4. The number of benzene rings is 3.